The second kappa shape index (κ2) is 20.7. The third-order valence-electron chi connectivity index (χ3n) is 7.47. The van der Waals surface area contributed by atoms with Crippen molar-refractivity contribution in [2.75, 3.05) is 20.3 Å². The van der Waals surface area contributed by atoms with Crippen LogP contribution < -0.4 is 18.7 Å². The zero-order valence-electron chi connectivity index (χ0n) is 26.0. The summed E-state index contributed by atoms with van der Waals surface area (Å²) in [7, 11) is -3.12. The Kier molecular flexibility index (Phi) is 17.0. The van der Waals surface area contributed by atoms with Crippen LogP contribution in [0.2, 0.25) is 0 Å². The molecule has 0 spiro atoms. The van der Waals surface area contributed by atoms with E-state index in [0.29, 0.717) is 6.54 Å². The number of methoxy groups -OCH3 is 1. The minimum Gasteiger partial charge on any atom is -0.746 e. The highest BCUT2D eigenvalue weighted by atomic mass is 32.1. The highest BCUT2D eigenvalue weighted by molar-refractivity contribution is 7.46. The van der Waals surface area contributed by atoms with Crippen molar-refractivity contribution in [2.45, 2.75) is 103 Å². The fourth-order valence-electron chi connectivity index (χ4n) is 4.93. The van der Waals surface area contributed by atoms with Gasteiger partial charge in [-0.1, -0.05) is 113 Å². The minimum absolute atomic E-state index is 0.157. The van der Waals surface area contributed by atoms with Gasteiger partial charge in [-0.05, 0) is 42.7 Å². The Morgan fingerprint density at radius 3 is 2.26 bits per heavy atom. The number of hydrogen-bond donors (Lipinski definition) is 0. The second-order valence-electron chi connectivity index (χ2n) is 11.1. The van der Waals surface area contributed by atoms with Crippen LogP contribution in [0.25, 0.3) is 0 Å². The van der Waals surface area contributed by atoms with Gasteiger partial charge in [-0.3, -0.25) is 4.57 Å². The normalized spacial score (nSPS) is 13.5. The smallest absolute Gasteiger partial charge is 0.319 e. The first-order chi connectivity index (χ1) is 21.0. The first-order valence-corrected chi connectivity index (χ1v) is 18.3. The molecule has 43 heavy (non-hydrogen) atoms. The molecule has 3 rings (SSSR count). The second-order valence-corrected chi connectivity index (χ2v) is 13.2. The number of para-hydroxylation sites is 1. The number of hydrogen-bond acceptors (Lipinski definition) is 7. The molecule has 3 aromatic rings. The van der Waals surface area contributed by atoms with Crippen molar-refractivity contribution in [3.8, 4) is 11.5 Å². The van der Waals surface area contributed by atoms with Gasteiger partial charge in [-0.2, -0.15) is 4.57 Å². The summed E-state index contributed by atoms with van der Waals surface area (Å²) in [4.78, 5) is 12.6. The summed E-state index contributed by atoms with van der Waals surface area (Å²) in [5.41, 5.74) is 3.93. The molecule has 9 heteroatoms. The molecule has 2 unspecified atom stereocenters. The molecule has 2 atom stereocenters. The number of rotatable bonds is 24. The Morgan fingerprint density at radius 1 is 0.884 bits per heavy atom. The van der Waals surface area contributed by atoms with Crippen LogP contribution in [0.4, 0.5) is 0 Å². The molecule has 0 saturated heterocycles. The summed E-state index contributed by atoms with van der Waals surface area (Å²) in [6.45, 7) is 2.71. The van der Waals surface area contributed by atoms with Gasteiger partial charge in [0.2, 0.25) is 5.51 Å². The maximum Gasteiger partial charge on any atom is 0.319 e. The molecule has 238 valence electrons. The van der Waals surface area contributed by atoms with Crippen LogP contribution in [0.1, 0.15) is 95.1 Å². The standard InChI is InChI=1S/C34H50NO6PS/c1-3-4-5-6-7-8-9-10-11-12-13-14-18-30-19-17-21-32(25-30)39-27-33(38-2)28-40-42(36,37)41-34-22-16-15-20-31(34)26-35-23-24-43-29-35/h15-17,19-25,29,33H,3-14,18,26-28H2,1-2H3. The van der Waals surface area contributed by atoms with E-state index in [1.807, 2.05) is 45.9 Å². The van der Waals surface area contributed by atoms with Crippen LogP contribution in [0.15, 0.2) is 65.6 Å². The summed E-state index contributed by atoms with van der Waals surface area (Å²) in [6, 6.07) is 15.1. The topological polar surface area (TPSA) is 80.9 Å². The fraction of sp³-hybridized carbons (Fsp3) is 0.559. The molecular weight excluding hydrogens is 581 g/mol. The summed E-state index contributed by atoms with van der Waals surface area (Å²) in [5.74, 6) is 0.981. The highest BCUT2D eigenvalue weighted by Gasteiger charge is 2.19. The van der Waals surface area contributed by atoms with Crippen molar-refractivity contribution < 1.29 is 32.5 Å². The molecule has 0 radical (unpaired) electrons. The SMILES string of the molecule is CCCCCCCCCCCCCCc1cccc(OCC(COP(=O)([O-])Oc2ccccc2C[n+]2ccsc2)OC)c1. The molecule has 0 fully saturated rings. The molecule has 1 aromatic heterocycles. The van der Waals surface area contributed by atoms with Gasteiger partial charge < -0.3 is 23.4 Å². The first-order valence-electron chi connectivity index (χ1n) is 15.9. The van der Waals surface area contributed by atoms with Crippen molar-refractivity contribution >= 4 is 19.2 Å². The molecule has 1 heterocycles. The highest BCUT2D eigenvalue weighted by Crippen LogP contribution is 2.41. The molecule has 0 amide bonds. The van der Waals surface area contributed by atoms with E-state index in [2.05, 4.69) is 19.1 Å². The Balaban J connectivity index is 1.33. The van der Waals surface area contributed by atoms with E-state index in [4.69, 9.17) is 18.5 Å². The average molecular weight is 632 g/mol. The van der Waals surface area contributed by atoms with Crippen LogP contribution in [0.3, 0.4) is 0 Å². The monoisotopic (exact) mass is 631 g/mol. The summed E-state index contributed by atoms with van der Waals surface area (Å²) in [5, 5.41) is 1.95. The quantitative estimate of drug-likeness (QED) is 0.0562. The zero-order valence-corrected chi connectivity index (χ0v) is 27.7. The molecule has 7 nitrogen and oxygen atoms in total. The van der Waals surface area contributed by atoms with Gasteiger partial charge in [0.25, 0.3) is 0 Å². The zero-order chi connectivity index (χ0) is 30.6. The summed E-state index contributed by atoms with van der Waals surface area (Å²) in [6.07, 6.45) is 18.4. The van der Waals surface area contributed by atoms with Gasteiger partial charge >= 0.3 is 7.82 Å². The number of phosphoric acid groups is 1. The van der Waals surface area contributed by atoms with E-state index < -0.39 is 13.9 Å². The lowest BCUT2D eigenvalue weighted by atomic mass is 10.0. The molecular formula is C34H50NO6PS. The van der Waals surface area contributed by atoms with Gasteiger partial charge in [0.15, 0.2) is 12.7 Å². The molecule has 0 bridgehead atoms. The Hall–Kier alpha value is -2.22. The Bertz CT molecular complexity index is 1190. The van der Waals surface area contributed by atoms with Crippen molar-refractivity contribution in [1.29, 1.82) is 0 Å². The van der Waals surface area contributed by atoms with Crippen molar-refractivity contribution in [1.82, 2.24) is 0 Å². The predicted molar refractivity (Wildman–Crippen MR) is 172 cm³/mol. The molecule has 0 aliphatic rings. The van der Waals surface area contributed by atoms with Crippen LogP contribution in [0.5, 0.6) is 11.5 Å². The fourth-order valence-corrected chi connectivity index (χ4v) is 6.35. The molecule has 0 aliphatic carbocycles. The Labute approximate surface area is 262 Å². The molecule has 0 saturated carbocycles. The maximum atomic E-state index is 12.6. The number of phosphoric ester groups is 1. The van der Waals surface area contributed by atoms with E-state index in [1.165, 1.54) is 89.7 Å². The van der Waals surface area contributed by atoms with Gasteiger partial charge in [0.1, 0.15) is 24.2 Å². The van der Waals surface area contributed by atoms with Crippen LogP contribution in [-0.2, 0) is 26.8 Å². The van der Waals surface area contributed by atoms with E-state index >= 15 is 0 Å². The number of aromatic nitrogens is 1. The average Bonchev–Trinajstić information content (AvgIpc) is 3.52. The molecule has 2 aromatic carbocycles. The van der Waals surface area contributed by atoms with Gasteiger partial charge in [-0.25, -0.2) is 0 Å². The van der Waals surface area contributed by atoms with E-state index in [9.17, 15) is 9.46 Å². The van der Waals surface area contributed by atoms with E-state index in [0.717, 1.165) is 17.7 Å². The van der Waals surface area contributed by atoms with Gasteiger partial charge in [0.05, 0.1) is 17.6 Å². The van der Waals surface area contributed by atoms with Crippen molar-refractivity contribution in [3.05, 3.63) is 76.7 Å². The van der Waals surface area contributed by atoms with E-state index in [-0.39, 0.29) is 19.0 Å². The lowest BCUT2D eigenvalue weighted by Crippen LogP contribution is -2.31. The number of aryl methyl sites for hydroxylation is 1. The summed E-state index contributed by atoms with van der Waals surface area (Å²) >= 11 is 1.56. The lowest BCUT2D eigenvalue weighted by molar-refractivity contribution is -0.683. The number of benzene rings is 2. The first kappa shape index (κ1) is 35.3. The van der Waals surface area contributed by atoms with Crippen LogP contribution in [0, 0.1) is 0 Å². The largest absolute Gasteiger partial charge is 0.746 e. The number of thiazole rings is 1. The predicted octanol–water partition coefficient (Wildman–Crippen LogP) is 8.29. The number of unbranched alkanes of at least 4 members (excludes halogenated alkanes) is 11. The van der Waals surface area contributed by atoms with E-state index in [1.54, 1.807) is 23.5 Å². The number of nitrogens with zero attached hydrogens (tertiary/aromatic N) is 1. The van der Waals surface area contributed by atoms with Gasteiger partial charge in [-0.15, -0.1) is 0 Å². The van der Waals surface area contributed by atoms with Crippen LogP contribution in [-0.4, -0.2) is 26.4 Å². The minimum atomic E-state index is -4.63. The number of ether oxygens (including phenoxy) is 2. The van der Waals surface area contributed by atoms with Crippen molar-refractivity contribution in [2.24, 2.45) is 0 Å². The molecule has 0 N–H and O–H groups in total. The summed E-state index contributed by atoms with van der Waals surface area (Å²) < 4.78 is 36.4. The lowest BCUT2D eigenvalue weighted by Gasteiger charge is -2.26. The Morgan fingerprint density at radius 2 is 1.58 bits per heavy atom. The third kappa shape index (κ3) is 14.9. The van der Waals surface area contributed by atoms with Gasteiger partial charge in [0, 0.05) is 7.11 Å². The van der Waals surface area contributed by atoms with Crippen LogP contribution >= 0.6 is 19.2 Å². The maximum absolute atomic E-state index is 12.6. The molecule has 0 aliphatic heterocycles. The van der Waals surface area contributed by atoms with Crippen molar-refractivity contribution in [3.63, 3.8) is 0 Å². The third-order valence-corrected chi connectivity index (χ3v) is 9.03.